The Hall–Kier alpha value is -0.290. The molecule has 0 aliphatic carbocycles. The van der Waals surface area contributed by atoms with E-state index in [0.717, 1.165) is 5.56 Å². The Kier molecular flexibility index (Phi) is 4.62. The molecule has 0 fully saturated rings. The van der Waals surface area contributed by atoms with Crippen molar-refractivity contribution in [2.24, 2.45) is 0 Å². The highest BCUT2D eigenvalue weighted by Gasteiger charge is 2.28. The van der Waals surface area contributed by atoms with Crippen LogP contribution in [0, 0.1) is 0 Å². The van der Waals surface area contributed by atoms with Gasteiger partial charge in [-0.3, -0.25) is 0 Å². The largest absolute Gasteiger partial charge is 0.598 e. The monoisotopic (exact) mass is 260 g/mol. The van der Waals surface area contributed by atoms with Crippen LogP contribution in [0.3, 0.4) is 0 Å². The second-order valence-corrected chi connectivity index (χ2v) is 7.02. The summed E-state index contributed by atoms with van der Waals surface area (Å²) < 4.78 is 14.7. The Bertz CT molecular complexity index is 354. The molecular formula is C11H17ClN2OS. The van der Waals surface area contributed by atoms with Crippen molar-refractivity contribution < 1.29 is 4.55 Å². The summed E-state index contributed by atoms with van der Waals surface area (Å²) in [5.74, 6) is 0. The van der Waals surface area contributed by atoms with Crippen molar-refractivity contribution in [3.63, 3.8) is 0 Å². The van der Waals surface area contributed by atoms with E-state index in [4.69, 9.17) is 11.6 Å². The van der Waals surface area contributed by atoms with E-state index in [0.29, 0.717) is 5.15 Å². The molecular weight excluding hydrogens is 244 g/mol. The standard InChI is InChI=1S/C11H17ClN2OS/c1-8(14-16(15)11(2,3)4)9-5-6-13-10(12)7-9/h5-8,14H,1-4H3/t8-,16?/m0/s1. The number of hydrogen-bond donors (Lipinski definition) is 1. The third kappa shape index (κ3) is 3.94. The van der Waals surface area contributed by atoms with E-state index >= 15 is 0 Å². The molecule has 1 aromatic heterocycles. The van der Waals surface area contributed by atoms with Crippen LogP contribution in [0.2, 0.25) is 5.15 Å². The smallest absolute Gasteiger partial charge is 0.136 e. The molecule has 5 heteroatoms. The Labute approximate surface area is 105 Å². The van der Waals surface area contributed by atoms with Crippen LogP contribution in [0.15, 0.2) is 18.3 Å². The molecule has 0 spiro atoms. The molecule has 3 nitrogen and oxygen atoms in total. The van der Waals surface area contributed by atoms with Gasteiger partial charge >= 0.3 is 0 Å². The fraction of sp³-hybridized carbons (Fsp3) is 0.545. The third-order valence-electron chi connectivity index (χ3n) is 2.09. The van der Waals surface area contributed by atoms with Crippen LogP contribution in [-0.2, 0) is 11.4 Å². The average Bonchev–Trinajstić information content (AvgIpc) is 2.16. The molecule has 0 amide bonds. The fourth-order valence-corrected chi connectivity index (χ4v) is 2.09. The lowest BCUT2D eigenvalue weighted by molar-refractivity contribution is 0.531. The van der Waals surface area contributed by atoms with Gasteiger partial charge in [0.25, 0.3) is 0 Å². The maximum Gasteiger partial charge on any atom is 0.136 e. The van der Waals surface area contributed by atoms with Crippen molar-refractivity contribution in [3.05, 3.63) is 29.0 Å². The minimum Gasteiger partial charge on any atom is -0.598 e. The van der Waals surface area contributed by atoms with Gasteiger partial charge < -0.3 is 4.55 Å². The Morgan fingerprint density at radius 1 is 1.50 bits per heavy atom. The zero-order chi connectivity index (χ0) is 12.3. The van der Waals surface area contributed by atoms with Crippen molar-refractivity contribution in [2.45, 2.75) is 38.5 Å². The van der Waals surface area contributed by atoms with Crippen molar-refractivity contribution in [1.82, 2.24) is 9.71 Å². The summed E-state index contributed by atoms with van der Waals surface area (Å²) in [6.45, 7) is 7.75. The van der Waals surface area contributed by atoms with Crippen molar-refractivity contribution in [1.29, 1.82) is 0 Å². The molecule has 0 aliphatic rings. The summed E-state index contributed by atoms with van der Waals surface area (Å²) in [5, 5.41) is 0.452. The fourth-order valence-electron chi connectivity index (χ4n) is 1.09. The SMILES string of the molecule is C[C@H](N[S+]([O-])C(C)(C)C)c1ccnc(Cl)c1. The second kappa shape index (κ2) is 5.36. The van der Waals surface area contributed by atoms with Crippen molar-refractivity contribution in [2.75, 3.05) is 0 Å². The topological polar surface area (TPSA) is 48.0 Å². The van der Waals surface area contributed by atoms with Gasteiger partial charge in [0.2, 0.25) is 0 Å². The quantitative estimate of drug-likeness (QED) is 0.672. The van der Waals surface area contributed by atoms with Crippen LogP contribution in [-0.4, -0.2) is 14.3 Å². The van der Waals surface area contributed by atoms with Crippen molar-refractivity contribution >= 4 is 23.0 Å². The van der Waals surface area contributed by atoms with E-state index < -0.39 is 11.4 Å². The first kappa shape index (κ1) is 13.8. The predicted molar refractivity (Wildman–Crippen MR) is 68.7 cm³/mol. The number of halogens is 1. The summed E-state index contributed by atoms with van der Waals surface area (Å²) in [6.07, 6.45) is 1.65. The summed E-state index contributed by atoms with van der Waals surface area (Å²) >= 11 is 4.71. The number of nitrogens with zero attached hydrogens (tertiary/aromatic N) is 1. The van der Waals surface area contributed by atoms with Crippen LogP contribution >= 0.6 is 11.6 Å². The zero-order valence-electron chi connectivity index (χ0n) is 9.95. The Balaban J connectivity index is 2.69. The van der Waals surface area contributed by atoms with Gasteiger partial charge in [0.15, 0.2) is 0 Å². The Morgan fingerprint density at radius 2 is 2.12 bits per heavy atom. The molecule has 90 valence electrons. The first-order valence-corrected chi connectivity index (χ1v) is 6.63. The maximum absolute atomic E-state index is 11.9. The molecule has 1 heterocycles. The summed E-state index contributed by atoms with van der Waals surface area (Å²) in [4.78, 5) is 3.91. The molecule has 0 saturated heterocycles. The first-order chi connectivity index (χ1) is 7.30. The lowest BCUT2D eigenvalue weighted by Gasteiger charge is -2.26. The minimum atomic E-state index is -1.09. The molecule has 0 radical (unpaired) electrons. The first-order valence-electron chi connectivity index (χ1n) is 5.10. The number of rotatable bonds is 3. The zero-order valence-corrected chi connectivity index (χ0v) is 11.5. The number of nitrogens with one attached hydrogen (secondary N) is 1. The van der Waals surface area contributed by atoms with Crippen LogP contribution in [0.4, 0.5) is 0 Å². The normalized spacial score (nSPS) is 15.9. The Morgan fingerprint density at radius 3 is 2.62 bits per heavy atom. The molecule has 0 aromatic carbocycles. The second-order valence-electron chi connectivity index (χ2n) is 4.63. The average molecular weight is 261 g/mol. The lowest BCUT2D eigenvalue weighted by atomic mass is 10.1. The van der Waals surface area contributed by atoms with Gasteiger partial charge in [0, 0.05) is 17.6 Å². The molecule has 1 N–H and O–H groups in total. The third-order valence-corrected chi connectivity index (χ3v) is 3.98. The van der Waals surface area contributed by atoms with E-state index in [2.05, 4.69) is 9.71 Å². The van der Waals surface area contributed by atoms with E-state index in [1.54, 1.807) is 12.3 Å². The molecule has 1 aromatic rings. The minimum absolute atomic E-state index is 0.0134. The molecule has 0 aliphatic heterocycles. The van der Waals surface area contributed by atoms with Crippen LogP contribution in [0.5, 0.6) is 0 Å². The van der Waals surface area contributed by atoms with Gasteiger partial charge in [-0.05, 0) is 45.4 Å². The summed E-state index contributed by atoms with van der Waals surface area (Å²) in [5.41, 5.74) is 0.984. The predicted octanol–water partition coefficient (Wildman–Crippen LogP) is 2.85. The molecule has 0 saturated carbocycles. The van der Waals surface area contributed by atoms with Crippen LogP contribution in [0.1, 0.15) is 39.3 Å². The van der Waals surface area contributed by atoms with Gasteiger partial charge in [-0.15, -0.1) is 4.72 Å². The van der Waals surface area contributed by atoms with E-state index in [9.17, 15) is 4.55 Å². The van der Waals surface area contributed by atoms with Crippen LogP contribution < -0.4 is 4.72 Å². The molecule has 0 bridgehead atoms. The van der Waals surface area contributed by atoms with Gasteiger partial charge in [-0.25, -0.2) is 4.98 Å². The molecule has 2 atom stereocenters. The highest BCUT2D eigenvalue weighted by molar-refractivity contribution is 7.90. The van der Waals surface area contributed by atoms with Gasteiger partial charge in [-0.2, -0.15) is 0 Å². The lowest BCUT2D eigenvalue weighted by Crippen LogP contribution is -2.40. The van der Waals surface area contributed by atoms with Crippen LogP contribution in [0.25, 0.3) is 0 Å². The maximum atomic E-state index is 11.9. The van der Waals surface area contributed by atoms with E-state index in [1.165, 1.54) is 0 Å². The van der Waals surface area contributed by atoms with Gasteiger partial charge in [-0.1, -0.05) is 11.6 Å². The van der Waals surface area contributed by atoms with Gasteiger partial charge in [0.05, 0.1) is 6.04 Å². The number of hydrogen-bond acceptors (Lipinski definition) is 3. The molecule has 1 unspecified atom stereocenters. The highest BCUT2D eigenvalue weighted by Crippen LogP contribution is 2.20. The molecule has 1 rings (SSSR count). The highest BCUT2D eigenvalue weighted by atomic mass is 35.5. The number of aromatic nitrogens is 1. The van der Waals surface area contributed by atoms with Crippen molar-refractivity contribution in [3.8, 4) is 0 Å². The number of pyridine rings is 1. The van der Waals surface area contributed by atoms with E-state index in [1.807, 2.05) is 33.8 Å². The summed E-state index contributed by atoms with van der Waals surface area (Å²) in [7, 11) is 0. The summed E-state index contributed by atoms with van der Waals surface area (Å²) in [6, 6.07) is 3.63. The molecule has 16 heavy (non-hydrogen) atoms. The van der Waals surface area contributed by atoms with E-state index in [-0.39, 0.29) is 10.8 Å². The van der Waals surface area contributed by atoms with Gasteiger partial charge in [0.1, 0.15) is 9.90 Å².